The lowest BCUT2D eigenvalue weighted by Crippen LogP contribution is -2.31. The van der Waals surface area contributed by atoms with Crippen LogP contribution in [0.2, 0.25) is 0 Å². The Hall–Kier alpha value is -3.86. The Kier molecular flexibility index (Phi) is 5.00. The van der Waals surface area contributed by atoms with Gasteiger partial charge in [-0.15, -0.1) is 0 Å². The Morgan fingerprint density at radius 3 is 2.47 bits per heavy atom. The third-order valence-corrected chi connectivity index (χ3v) is 5.20. The zero-order valence-corrected chi connectivity index (χ0v) is 16.5. The van der Waals surface area contributed by atoms with Crippen molar-refractivity contribution in [1.29, 1.82) is 0 Å². The van der Waals surface area contributed by atoms with E-state index >= 15 is 0 Å². The summed E-state index contributed by atoms with van der Waals surface area (Å²) in [6.45, 7) is 1.81. The summed E-state index contributed by atoms with van der Waals surface area (Å²) in [5, 5.41) is 3.32. The van der Waals surface area contributed by atoms with Crippen LogP contribution in [0, 0.1) is 0 Å². The molecule has 0 bridgehead atoms. The van der Waals surface area contributed by atoms with Crippen LogP contribution in [-0.2, 0) is 13.0 Å². The highest BCUT2D eigenvalue weighted by Gasteiger charge is 2.17. The molecule has 1 aromatic heterocycles. The molecule has 0 aliphatic carbocycles. The molecule has 5 heteroatoms. The van der Waals surface area contributed by atoms with E-state index in [-0.39, 0.29) is 0 Å². The number of para-hydroxylation sites is 3. The predicted molar refractivity (Wildman–Crippen MR) is 119 cm³/mol. The van der Waals surface area contributed by atoms with Crippen LogP contribution in [0.3, 0.4) is 0 Å². The van der Waals surface area contributed by atoms with Gasteiger partial charge in [0, 0.05) is 19.3 Å². The average Bonchev–Trinajstić information content (AvgIpc) is 2.81. The average molecular weight is 394 g/mol. The van der Waals surface area contributed by atoms with Gasteiger partial charge < -0.3 is 15.0 Å². The summed E-state index contributed by atoms with van der Waals surface area (Å²) >= 11 is 0. The van der Waals surface area contributed by atoms with Crippen LogP contribution in [0.1, 0.15) is 11.1 Å². The molecule has 0 spiro atoms. The Morgan fingerprint density at radius 2 is 1.57 bits per heavy atom. The lowest BCUT2D eigenvalue weighted by molar-refractivity contribution is 0.485. The largest absolute Gasteiger partial charge is 0.455 e. The third kappa shape index (κ3) is 3.96. The van der Waals surface area contributed by atoms with Gasteiger partial charge in [0.25, 0.3) is 0 Å². The van der Waals surface area contributed by atoms with Crippen molar-refractivity contribution in [1.82, 2.24) is 9.97 Å². The van der Waals surface area contributed by atoms with Gasteiger partial charge in [0.15, 0.2) is 5.75 Å². The number of benzene rings is 3. The van der Waals surface area contributed by atoms with E-state index < -0.39 is 0 Å². The molecule has 5 rings (SSSR count). The van der Waals surface area contributed by atoms with Crippen molar-refractivity contribution in [2.75, 3.05) is 16.8 Å². The zero-order chi connectivity index (χ0) is 20.2. The van der Waals surface area contributed by atoms with Gasteiger partial charge >= 0.3 is 0 Å². The number of rotatable bonds is 5. The normalized spacial score (nSPS) is 12.9. The minimum absolute atomic E-state index is 0.551. The second-order valence-corrected chi connectivity index (χ2v) is 7.21. The molecule has 5 nitrogen and oxygen atoms in total. The maximum atomic E-state index is 6.04. The molecule has 30 heavy (non-hydrogen) atoms. The number of nitrogens with one attached hydrogen (secondary N) is 1. The van der Waals surface area contributed by atoms with Crippen LogP contribution in [0.25, 0.3) is 0 Å². The quantitative estimate of drug-likeness (QED) is 0.479. The number of nitrogens with zero attached hydrogens (tertiary/aromatic N) is 3. The topological polar surface area (TPSA) is 50.3 Å². The Balaban J connectivity index is 1.36. The van der Waals surface area contributed by atoms with Gasteiger partial charge in [-0.2, -0.15) is 4.98 Å². The van der Waals surface area contributed by atoms with Gasteiger partial charge in [-0.25, -0.2) is 4.98 Å². The molecule has 0 unspecified atom stereocenters. The molecule has 1 aliphatic rings. The Bertz CT molecular complexity index is 1150. The number of aromatic nitrogens is 2. The number of anilines is 3. The van der Waals surface area contributed by atoms with E-state index in [4.69, 9.17) is 9.72 Å². The van der Waals surface area contributed by atoms with Gasteiger partial charge in [-0.3, -0.25) is 0 Å². The van der Waals surface area contributed by atoms with Gasteiger partial charge in [0.05, 0.1) is 5.69 Å². The molecule has 3 aromatic carbocycles. The minimum atomic E-state index is 0.551. The zero-order valence-electron chi connectivity index (χ0n) is 16.5. The molecule has 0 saturated heterocycles. The van der Waals surface area contributed by atoms with Gasteiger partial charge in [-0.05, 0) is 47.9 Å². The van der Waals surface area contributed by atoms with Crippen molar-refractivity contribution in [3.63, 3.8) is 0 Å². The molecule has 0 radical (unpaired) electrons. The molecule has 0 saturated carbocycles. The summed E-state index contributed by atoms with van der Waals surface area (Å²) in [5.41, 5.74) is 3.61. The molecule has 1 N–H and O–H groups in total. The lowest BCUT2D eigenvalue weighted by Gasteiger charge is -2.29. The minimum Gasteiger partial charge on any atom is -0.455 e. The second-order valence-electron chi connectivity index (χ2n) is 7.21. The maximum absolute atomic E-state index is 6.04. The lowest BCUT2D eigenvalue weighted by atomic mass is 10.00. The molecule has 0 atom stereocenters. The van der Waals surface area contributed by atoms with E-state index in [9.17, 15) is 0 Å². The molecular weight excluding hydrogens is 372 g/mol. The number of fused-ring (bicyclic) bond motifs is 1. The standard InChI is InChI=1S/C25H22N4O/c1-2-10-21(11-3-1)30-23-13-7-6-12-22(23)27-25-26-16-14-24(28-25)29-17-15-19-8-4-5-9-20(19)18-29/h1-14,16H,15,17-18H2,(H,26,27,28). The van der Waals surface area contributed by atoms with E-state index in [0.29, 0.717) is 5.95 Å². The molecule has 0 fully saturated rings. The Morgan fingerprint density at radius 1 is 0.800 bits per heavy atom. The summed E-state index contributed by atoms with van der Waals surface area (Å²) in [4.78, 5) is 11.5. The van der Waals surface area contributed by atoms with Crippen LogP contribution in [-0.4, -0.2) is 16.5 Å². The summed E-state index contributed by atoms with van der Waals surface area (Å²) in [7, 11) is 0. The summed E-state index contributed by atoms with van der Waals surface area (Å²) in [6.07, 6.45) is 2.82. The van der Waals surface area contributed by atoms with E-state index in [2.05, 4.69) is 39.5 Å². The van der Waals surface area contributed by atoms with E-state index in [1.54, 1.807) is 6.20 Å². The van der Waals surface area contributed by atoms with Gasteiger partial charge in [0.1, 0.15) is 11.6 Å². The van der Waals surface area contributed by atoms with E-state index in [1.165, 1.54) is 11.1 Å². The van der Waals surface area contributed by atoms with Crippen molar-refractivity contribution in [2.24, 2.45) is 0 Å². The first kappa shape index (κ1) is 18.2. The van der Waals surface area contributed by atoms with Crippen molar-refractivity contribution >= 4 is 17.5 Å². The molecule has 148 valence electrons. The van der Waals surface area contributed by atoms with Gasteiger partial charge in [-0.1, -0.05) is 54.6 Å². The fourth-order valence-corrected chi connectivity index (χ4v) is 3.67. The monoisotopic (exact) mass is 394 g/mol. The van der Waals surface area contributed by atoms with Crippen molar-refractivity contribution in [2.45, 2.75) is 13.0 Å². The summed E-state index contributed by atoms with van der Waals surface area (Å²) in [5.74, 6) is 2.98. The molecule has 1 aliphatic heterocycles. The highest BCUT2D eigenvalue weighted by molar-refractivity contribution is 5.64. The van der Waals surface area contributed by atoms with Crippen LogP contribution in [0.15, 0.2) is 91.1 Å². The highest BCUT2D eigenvalue weighted by Crippen LogP contribution is 2.31. The number of ether oxygens (including phenoxy) is 1. The predicted octanol–water partition coefficient (Wildman–Crippen LogP) is 5.58. The van der Waals surface area contributed by atoms with Crippen LogP contribution in [0.5, 0.6) is 11.5 Å². The fourth-order valence-electron chi connectivity index (χ4n) is 3.67. The molecular formula is C25H22N4O. The van der Waals surface area contributed by atoms with Crippen LogP contribution < -0.4 is 15.0 Å². The summed E-state index contributed by atoms with van der Waals surface area (Å²) < 4.78 is 6.04. The third-order valence-electron chi connectivity index (χ3n) is 5.20. The van der Waals surface area contributed by atoms with E-state index in [0.717, 1.165) is 42.5 Å². The SMILES string of the molecule is c1ccc(Oc2ccccc2Nc2nccc(N3CCc4ccccc4C3)n2)cc1. The Labute approximate surface area is 176 Å². The van der Waals surface area contributed by atoms with Crippen molar-refractivity contribution in [3.8, 4) is 11.5 Å². The van der Waals surface area contributed by atoms with Crippen LogP contribution in [0.4, 0.5) is 17.5 Å². The highest BCUT2D eigenvalue weighted by atomic mass is 16.5. The first-order valence-electron chi connectivity index (χ1n) is 10.1. The number of hydrogen-bond acceptors (Lipinski definition) is 5. The fraction of sp³-hybridized carbons (Fsp3) is 0.120. The molecule has 4 aromatic rings. The van der Waals surface area contributed by atoms with Gasteiger partial charge in [0.2, 0.25) is 5.95 Å². The first-order chi connectivity index (χ1) is 14.8. The van der Waals surface area contributed by atoms with Crippen molar-refractivity contribution < 1.29 is 4.74 Å². The van der Waals surface area contributed by atoms with Crippen molar-refractivity contribution in [3.05, 3.63) is 102 Å². The van der Waals surface area contributed by atoms with E-state index in [1.807, 2.05) is 60.7 Å². The summed E-state index contributed by atoms with van der Waals surface area (Å²) in [6, 6.07) is 28.1. The number of hydrogen-bond donors (Lipinski definition) is 1. The molecule has 2 heterocycles. The molecule has 0 amide bonds. The first-order valence-corrected chi connectivity index (χ1v) is 10.1. The maximum Gasteiger partial charge on any atom is 0.229 e. The second kappa shape index (κ2) is 8.25. The smallest absolute Gasteiger partial charge is 0.229 e. The van der Waals surface area contributed by atoms with Crippen LogP contribution >= 0.6 is 0 Å².